The van der Waals surface area contributed by atoms with E-state index in [0.717, 1.165) is 17.0 Å². The van der Waals surface area contributed by atoms with Crippen LogP contribution in [-0.4, -0.2) is 29.2 Å². The molecule has 1 heterocycles. The molecule has 6 heteroatoms. The highest BCUT2D eigenvalue weighted by atomic mass is 19.1. The monoisotopic (exact) mass is 354 g/mol. The molecule has 0 saturated carbocycles. The van der Waals surface area contributed by atoms with Gasteiger partial charge in [0.2, 0.25) is 0 Å². The number of rotatable bonds is 6. The van der Waals surface area contributed by atoms with Gasteiger partial charge in [-0.15, -0.1) is 0 Å². The van der Waals surface area contributed by atoms with Gasteiger partial charge >= 0.3 is 5.97 Å². The van der Waals surface area contributed by atoms with E-state index in [-0.39, 0.29) is 18.2 Å². The van der Waals surface area contributed by atoms with Gasteiger partial charge in [-0.2, -0.15) is 0 Å². The lowest BCUT2D eigenvalue weighted by atomic mass is 10.1. The number of carbonyl (C=O) groups is 1. The van der Waals surface area contributed by atoms with Crippen molar-refractivity contribution in [3.8, 4) is 22.7 Å². The van der Waals surface area contributed by atoms with Gasteiger partial charge in [-0.1, -0.05) is 0 Å². The van der Waals surface area contributed by atoms with E-state index in [1.807, 2.05) is 30.5 Å². The molecule has 1 aromatic heterocycles. The Bertz CT molecular complexity index is 886. The first-order valence-electron chi connectivity index (χ1n) is 8.25. The Morgan fingerprint density at radius 3 is 2.42 bits per heavy atom. The minimum absolute atomic E-state index is 0.0291. The summed E-state index contributed by atoms with van der Waals surface area (Å²) in [4.78, 5) is 16.5. The molecule has 0 N–H and O–H groups in total. The minimum Gasteiger partial charge on any atom is -0.497 e. The van der Waals surface area contributed by atoms with E-state index < -0.39 is 0 Å². The number of hydrogen-bond acceptors (Lipinski definition) is 4. The first-order valence-corrected chi connectivity index (χ1v) is 8.25. The average Bonchev–Trinajstić information content (AvgIpc) is 3.06. The second kappa shape index (κ2) is 7.82. The summed E-state index contributed by atoms with van der Waals surface area (Å²) in [6, 6.07) is 13.5. The molecule has 3 aromatic rings. The molecule has 0 aliphatic carbocycles. The molecule has 0 amide bonds. The standard InChI is InChI=1S/C20H19FN2O3/c1-3-26-20(24)12-19-22-18(14-4-10-17(25-2)11-5-14)13-23(19)16-8-6-15(21)7-9-16/h4-11,13H,3,12H2,1-2H3. The molecule has 0 atom stereocenters. The molecule has 0 spiro atoms. The van der Waals surface area contributed by atoms with Gasteiger partial charge in [0, 0.05) is 17.4 Å². The molecule has 0 bridgehead atoms. The second-order valence-corrected chi connectivity index (χ2v) is 5.60. The maximum absolute atomic E-state index is 13.2. The Morgan fingerprint density at radius 1 is 1.12 bits per heavy atom. The normalized spacial score (nSPS) is 10.6. The largest absolute Gasteiger partial charge is 0.497 e. The number of esters is 1. The third kappa shape index (κ3) is 3.91. The van der Waals surface area contributed by atoms with E-state index >= 15 is 0 Å². The van der Waals surface area contributed by atoms with Crippen molar-refractivity contribution in [1.82, 2.24) is 9.55 Å². The summed E-state index contributed by atoms with van der Waals surface area (Å²) in [5.74, 6) is 0.596. The van der Waals surface area contributed by atoms with Gasteiger partial charge in [0.15, 0.2) is 0 Å². The van der Waals surface area contributed by atoms with Crippen LogP contribution in [0.25, 0.3) is 16.9 Å². The number of methoxy groups -OCH3 is 1. The fourth-order valence-electron chi connectivity index (χ4n) is 2.61. The van der Waals surface area contributed by atoms with Crippen molar-refractivity contribution in [3.05, 3.63) is 66.4 Å². The molecule has 26 heavy (non-hydrogen) atoms. The summed E-state index contributed by atoms with van der Waals surface area (Å²) >= 11 is 0. The quantitative estimate of drug-likeness (QED) is 0.632. The molecule has 0 aliphatic rings. The van der Waals surface area contributed by atoms with Crippen LogP contribution >= 0.6 is 0 Å². The lowest BCUT2D eigenvalue weighted by Crippen LogP contribution is -2.11. The predicted octanol–water partition coefficient (Wildman–Crippen LogP) is 3.79. The van der Waals surface area contributed by atoms with Gasteiger partial charge in [-0.25, -0.2) is 9.37 Å². The van der Waals surface area contributed by atoms with Crippen molar-refractivity contribution in [3.63, 3.8) is 0 Å². The predicted molar refractivity (Wildman–Crippen MR) is 95.8 cm³/mol. The van der Waals surface area contributed by atoms with E-state index in [1.54, 1.807) is 30.7 Å². The maximum Gasteiger partial charge on any atom is 0.313 e. The summed E-state index contributed by atoms with van der Waals surface area (Å²) < 4.78 is 25.2. The smallest absolute Gasteiger partial charge is 0.313 e. The van der Waals surface area contributed by atoms with Crippen molar-refractivity contribution < 1.29 is 18.7 Å². The lowest BCUT2D eigenvalue weighted by Gasteiger charge is -2.07. The molecule has 0 fully saturated rings. The average molecular weight is 354 g/mol. The molecule has 3 rings (SSSR count). The first kappa shape index (κ1) is 17.7. The summed E-state index contributed by atoms with van der Waals surface area (Å²) in [6.07, 6.45) is 1.85. The highest BCUT2D eigenvalue weighted by molar-refractivity contribution is 5.72. The van der Waals surface area contributed by atoms with Crippen LogP contribution in [0, 0.1) is 5.82 Å². The summed E-state index contributed by atoms with van der Waals surface area (Å²) in [7, 11) is 1.61. The molecule has 0 radical (unpaired) electrons. The third-order valence-corrected chi connectivity index (χ3v) is 3.88. The lowest BCUT2D eigenvalue weighted by molar-refractivity contribution is -0.142. The second-order valence-electron chi connectivity index (χ2n) is 5.60. The number of ether oxygens (including phenoxy) is 2. The zero-order valence-corrected chi connectivity index (χ0v) is 14.6. The highest BCUT2D eigenvalue weighted by Crippen LogP contribution is 2.24. The zero-order valence-electron chi connectivity index (χ0n) is 14.6. The van der Waals surface area contributed by atoms with Gasteiger partial charge in [0.05, 0.1) is 19.4 Å². The van der Waals surface area contributed by atoms with Gasteiger partial charge in [0.25, 0.3) is 0 Å². The first-order chi connectivity index (χ1) is 12.6. The van der Waals surface area contributed by atoms with Gasteiger partial charge < -0.3 is 14.0 Å². The molecular formula is C20H19FN2O3. The van der Waals surface area contributed by atoms with Crippen LogP contribution in [0.2, 0.25) is 0 Å². The molecule has 134 valence electrons. The number of imidazole rings is 1. The Labute approximate surface area is 151 Å². The van der Waals surface area contributed by atoms with Crippen molar-refractivity contribution >= 4 is 5.97 Å². The van der Waals surface area contributed by atoms with Gasteiger partial charge in [0.1, 0.15) is 23.8 Å². The van der Waals surface area contributed by atoms with E-state index in [2.05, 4.69) is 4.98 Å². The SMILES string of the molecule is CCOC(=O)Cc1nc(-c2ccc(OC)cc2)cn1-c1ccc(F)cc1. The Hall–Kier alpha value is -3.15. The maximum atomic E-state index is 13.2. The van der Waals surface area contributed by atoms with E-state index in [1.165, 1.54) is 12.1 Å². The van der Waals surface area contributed by atoms with Crippen LogP contribution in [-0.2, 0) is 16.0 Å². The van der Waals surface area contributed by atoms with Crippen molar-refractivity contribution in [2.24, 2.45) is 0 Å². The van der Waals surface area contributed by atoms with Crippen LogP contribution in [0.4, 0.5) is 4.39 Å². The van der Waals surface area contributed by atoms with Crippen LogP contribution in [0.3, 0.4) is 0 Å². The molecule has 2 aromatic carbocycles. The van der Waals surface area contributed by atoms with Crippen LogP contribution in [0.1, 0.15) is 12.7 Å². The third-order valence-electron chi connectivity index (χ3n) is 3.88. The van der Waals surface area contributed by atoms with Crippen molar-refractivity contribution in [2.75, 3.05) is 13.7 Å². The molecule has 0 aliphatic heterocycles. The Balaban J connectivity index is 2.00. The van der Waals surface area contributed by atoms with Crippen molar-refractivity contribution in [2.45, 2.75) is 13.3 Å². The summed E-state index contributed by atoms with van der Waals surface area (Å²) in [5, 5.41) is 0. The van der Waals surface area contributed by atoms with Gasteiger partial charge in [-0.05, 0) is 55.5 Å². The van der Waals surface area contributed by atoms with Crippen LogP contribution in [0.5, 0.6) is 5.75 Å². The Kier molecular flexibility index (Phi) is 5.31. The fraction of sp³-hybridized carbons (Fsp3) is 0.200. The topological polar surface area (TPSA) is 53.4 Å². The number of hydrogen-bond donors (Lipinski definition) is 0. The van der Waals surface area contributed by atoms with E-state index in [9.17, 15) is 9.18 Å². The Morgan fingerprint density at radius 2 is 1.81 bits per heavy atom. The molecule has 0 unspecified atom stereocenters. The number of aromatic nitrogens is 2. The summed E-state index contributed by atoms with van der Waals surface area (Å²) in [5.41, 5.74) is 2.31. The van der Waals surface area contributed by atoms with Crippen molar-refractivity contribution in [1.29, 1.82) is 0 Å². The van der Waals surface area contributed by atoms with Crippen LogP contribution in [0.15, 0.2) is 54.7 Å². The van der Waals surface area contributed by atoms with E-state index in [4.69, 9.17) is 9.47 Å². The fourth-order valence-corrected chi connectivity index (χ4v) is 2.61. The van der Waals surface area contributed by atoms with Gasteiger partial charge in [-0.3, -0.25) is 4.79 Å². The van der Waals surface area contributed by atoms with Crippen LogP contribution < -0.4 is 4.74 Å². The zero-order chi connectivity index (χ0) is 18.5. The minimum atomic E-state index is -0.359. The highest BCUT2D eigenvalue weighted by Gasteiger charge is 2.15. The molecular weight excluding hydrogens is 335 g/mol. The number of carbonyl (C=O) groups excluding carboxylic acids is 1. The van der Waals surface area contributed by atoms with E-state index in [0.29, 0.717) is 18.1 Å². The number of nitrogens with zero attached hydrogens (tertiary/aromatic N) is 2. The molecule has 5 nitrogen and oxygen atoms in total. The number of benzene rings is 2. The number of halogens is 1. The molecule has 0 saturated heterocycles. The summed E-state index contributed by atoms with van der Waals surface area (Å²) in [6.45, 7) is 2.06.